The summed E-state index contributed by atoms with van der Waals surface area (Å²) in [4.78, 5) is 15.6. The van der Waals surface area contributed by atoms with E-state index in [1.165, 1.54) is 37.5 Å². The molecule has 0 fully saturated rings. The number of aromatic nitrogens is 1. The van der Waals surface area contributed by atoms with E-state index in [0.717, 1.165) is 0 Å². The lowest BCUT2D eigenvalue weighted by atomic mass is 10.0. The number of ketones is 1. The van der Waals surface area contributed by atoms with Gasteiger partial charge in [0, 0.05) is 18.0 Å². The molecule has 0 saturated carbocycles. The Morgan fingerprint density at radius 2 is 1.94 bits per heavy atom. The molecule has 1 aromatic heterocycles. The van der Waals surface area contributed by atoms with Gasteiger partial charge in [-0.2, -0.15) is 0 Å². The van der Waals surface area contributed by atoms with Gasteiger partial charge in [-0.15, -0.1) is 0 Å². The van der Waals surface area contributed by atoms with E-state index in [1.54, 1.807) is 6.07 Å². The number of carbonyl (C=O) groups is 1. The minimum absolute atomic E-state index is 0.172. The van der Waals surface area contributed by atoms with E-state index in [2.05, 4.69) is 4.98 Å². The van der Waals surface area contributed by atoms with Gasteiger partial charge in [-0.1, -0.05) is 6.07 Å². The van der Waals surface area contributed by atoms with Crippen molar-refractivity contribution in [3.8, 4) is 0 Å². The lowest BCUT2D eigenvalue weighted by Gasteiger charge is -2.04. The third-order valence-corrected chi connectivity index (χ3v) is 2.44. The summed E-state index contributed by atoms with van der Waals surface area (Å²) in [6.07, 6.45) is 2.82. The van der Waals surface area contributed by atoms with Crippen molar-refractivity contribution in [2.24, 2.45) is 0 Å². The number of hydrogen-bond donors (Lipinski definition) is 0. The third-order valence-electron chi connectivity index (χ3n) is 2.44. The van der Waals surface area contributed by atoms with Crippen LogP contribution in [0.4, 0.5) is 8.78 Å². The predicted molar refractivity (Wildman–Crippen MR) is 58.8 cm³/mol. The number of halogens is 2. The zero-order valence-corrected chi connectivity index (χ0v) is 9.08. The number of hydrogen-bond acceptors (Lipinski definition) is 2. The van der Waals surface area contributed by atoms with Crippen LogP contribution < -0.4 is 0 Å². The van der Waals surface area contributed by atoms with E-state index in [4.69, 9.17) is 0 Å². The molecule has 17 heavy (non-hydrogen) atoms. The van der Waals surface area contributed by atoms with Gasteiger partial charge in [0.1, 0.15) is 0 Å². The smallest absolute Gasteiger partial charge is 0.197 e. The highest BCUT2D eigenvalue weighted by Crippen LogP contribution is 2.18. The quantitative estimate of drug-likeness (QED) is 0.746. The fraction of sp³-hybridized carbons (Fsp3) is 0.0769. The monoisotopic (exact) mass is 233 g/mol. The molecule has 4 heteroatoms. The molecule has 0 radical (unpaired) electrons. The molecule has 0 saturated heterocycles. The zero-order chi connectivity index (χ0) is 12.4. The lowest BCUT2D eigenvalue weighted by molar-refractivity contribution is 0.103. The Kier molecular flexibility index (Phi) is 2.95. The SMILES string of the molecule is Cc1ccc(C(=O)c2cccnc2)c(F)c1F. The molecule has 0 spiro atoms. The van der Waals surface area contributed by atoms with Gasteiger partial charge in [-0.05, 0) is 30.7 Å². The molecule has 2 rings (SSSR count). The molecular formula is C13H9F2NO. The van der Waals surface area contributed by atoms with E-state index in [0.29, 0.717) is 0 Å². The highest BCUT2D eigenvalue weighted by Gasteiger charge is 2.18. The second-order valence-corrected chi connectivity index (χ2v) is 3.63. The molecule has 0 aliphatic rings. The largest absolute Gasteiger partial charge is 0.288 e. The van der Waals surface area contributed by atoms with Crippen LogP contribution in [0.1, 0.15) is 21.5 Å². The van der Waals surface area contributed by atoms with E-state index in [9.17, 15) is 13.6 Å². The third kappa shape index (κ3) is 2.06. The number of nitrogens with zero attached hydrogens (tertiary/aromatic N) is 1. The van der Waals surface area contributed by atoms with Gasteiger partial charge in [0.2, 0.25) is 0 Å². The summed E-state index contributed by atoms with van der Waals surface area (Å²) in [5, 5.41) is 0. The fourth-order valence-corrected chi connectivity index (χ4v) is 1.47. The van der Waals surface area contributed by atoms with E-state index in [-0.39, 0.29) is 16.7 Å². The van der Waals surface area contributed by atoms with Crippen molar-refractivity contribution in [1.82, 2.24) is 4.98 Å². The first-order chi connectivity index (χ1) is 8.11. The number of pyridine rings is 1. The molecule has 0 aliphatic carbocycles. The molecule has 1 aromatic carbocycles. The van der Waals surface area contributed by atoms with E-state index < -0.39 is 17.4 Å². The number of carbonyl (C=O) groups excluding carboxylic acids is 1. The molecule has 0 N–H and O–H groups in total. The molecular weight excluding hydrogens is 224 g/mol. The highest BCUT2D eigenvalue weighted by molar-refractivity contribution is 6.08. The van der Waals surface area contributed by atoms with E-state index in [1.807, 2.05) is 0 Å². The van der Waals surface area contributed by atoms with Crippen LogP contribution in [0.15, 0.2) is 36.7 Å². The lowest BCUT2D eigenvalue weighted by Crippen LogP contribution is -2.07. The topological polar surface area (TPSA) is 30.0 Å². The molecule has 2 aromatic rings. The van der Waals surface area contributed by atoms with Gasteiger partial charge in [0.15, 0.2) is 17.4 Å². The fourth-order valence-electron chi connectivity index (χ4n) is 1.47. The van der Waals surface area contributed by atoms with Crippen molar-refractivity contribution in [1.29, 1.82) is 0 Å². The highest BCUT2D eigenvalue weighted by atomic mass is 19.2. The summed E-state index contributed by atoms with van der Waals surface area (Å²) in [5.74, 6) is -2.67. The van der Waals surface area contributed by atoms with Crippen molar-refractivity contribution in [3.63, 3.8) is 0 Å². The molecule has 0 atom stereocenters. The maximum Gasteiger partial charge on any atom is 0.197 e. The minimum Gasteiger partial charge on any atom is -0.288 e. The van der Waals surface area contributed by atoms with Gasteiger partial charge >= 0.3 is 0 Å². The summed E-state index contributed by atoms with van der Waals surface area (Å²) in [7, 11) is 0. The first-order valence-corrected chi connectivity index (χ1v) is 5.00. The molecule has 0 amide bonds. The first kappa shape index (κ1) is 11.4. The summed E-state index contributed by atoms with van der Waals surface area (Å²) >= 11 is 0. The first-order valence-electron chi connectivity index (χ1n) is 5.00. The molecule has 2 nitrogen and oxygen atoms in total. The van der Waals surface area contributed by atoms with Gasteiger partial charge in [0.25, 0.3) is 0 Å². The van der Waals surface area contributed by atoms with Crippen LogP contribution in [0.3, 0.4) is 0 Å². The second kappa shape index (κ2) is 4.41. The van der Waals surface area contributed by atoms with Crippen molar-refractivity contribution < 1.29 is 13.6 Å². The zero-order valence-electron chi connectivity index (χ0n) is 9.08. The average molecular weight is 233 g/mol. The Morgan fingerprint density at radius 1 is 1.18 bits per heavy atom. The number of rotatable bonds is 2. The number of aryl methyl sites for hydroxylation is 1. The van der Waals surface area contributed by atoms with Gasteiger partial charge in [-0.25, -0.2) is 8.78 Å². The van der Waals surface area contributed by atoms with Crippen molar-refractivity contribution >= 4 is 5.78 Å². The Bertz CT molecular complexity index is 567. The molecule has 0 aliphatic heterocycles. The van der Waals surface area contributed by atoms with Crippen LogP contribution in [0, 0.1) is 18.6 Å². The van der Waals surface area contributed by atoms with Crippen LogP contribution in [0.5, 0.6) is 0 Å². The maximum absolute atomic E-state index is 13.6. The summed E-state index contributed by atoms with van der Waals surface area (Å²) in [6, 6.07) is 5.73. The number of benzene rings is 1. The van der Waals surface area contributed by atoms with Crippen LogP contribution in [-0.2, 0) is 0 Å². The van der Waals surface area contributed by atoms with Gasteiger partial charge < -0.3 is 0 Å². The van der Waals surface area contributed by atoms with Crippen LogP contribution in [0.2, 0.25) is 0 Å². The Morgan fingerprint density at radius 3 is 2.59 bits per heavy atom. The van der Waals surface area contributed by atoms with Gasteiger partial charge in [-0.3, -0.25) is 9.78 Å². The Labute approximate surface area is 96.9 Å². The average Bonchev–Trinajstić information content (AvgIpc) is 2.36. The molecule has 86 valence electrons. The maximum atomic E-state index is 13.6. The van der Waals surface area contributed by atoms with Crippen molar-refractivity contribution in [2.75, 3.05) is 0 Å². The summed E-state index contributed by atoms with van der Waals surface area (Å²) < 4.78 is 26.9. The molecule has 0 bridgehead atoms. The summed E-state index contributed by atoms with van der Waals surface area (Å²) in [5.41, 5.74) is 0.126. The van der Waals surface area contributed by atoms with Crippen molar-refractivity contribution in [2.45, 2.75) is 6.92 Å². The van der Waals surface area contributed by atoms with Crippen LogP contribution in [-0.4, -0.2) is 10.8 Å². The van der Waals surface area contributed by atoms with Crippen LogP contribution in [0.25, 0.3) is 0 Å². The van der Waals surface area contributed by atoms with Gasteiger partial charge in [0.05, 0.1) is 5.56 Å². The molecule has 1 heterocycles. The Balaban J connectivity index is 2.49. The minimum atomic E-state index is -1.11. The van der Waals surface area contributed by atoms with Crippen LogP contribution >= 0.6 is 0 Å². The standard InChI is InChI=1S/C13H9F2NO/c1-8-4-5-10(12(15)11(8)14)13(17)9-3-2-6-16-7-9/h2-7H,1H3. The summed E-state index contributed by atoms with van der Waals surface area (Å²) in [6.45, 7) is 1.44. The molecule has 0 unspecified atom stereocenters. The normalized spacial score (nSPS) is 10.3. The second-order valence-electron chi connectivity index (χ2n) is 3.63. The van der Waals surface area contributed by atoms with Crippen molar-refractivity contribution in [3.05, 3.63) is 65.0 Å². The van der Waals surface area contributed by atoms with E-state index >= 15 is 0 Å². The predicted octanol–water partition coefficient (Wildman–Crippen LogP) is 2.90. The Hall–Kier alpha value is -2.10.